The Bertz CT molecular complexity index is 365. The molecule has 0 bridgehead atoms. The van der Waals surface area contributed by atoms with Crippen LogP contribution >= 0.6 is 0 Å². The third kappa shape index (κ3) is 2.71. The number of benzene rings is 1. The van der Waals surface area contributed by atoms with Crippen molar-refractivity contribution >= 4 is 0 Å². The third-order valence-electron chi connectivity index (χ3n) is 4.43. The summed E-state index contributed by atoms with van der Waals surface area (Å²) in [5.41, 5.74) is 9.71. The van der Waals surface area contributed by atoms with Gasteiger partial charge in [-0.15, -0.1) is 0 Å². The van der Waals surface area contributed by atoms with Crippen molar-refractivity contribution in [2.45, 2.75) is 58.4 Å². The van der Waals surface area contributed by atoms with Gasteiger partial charge in [0.1, 0.15) is 0 Å². The zero-order valence-electron chi connectivity index (χ0n) is 11.4. The van der Waals surface area contributed by atoms with Crippen LogP contribution in [0.1, 0.15) is 57.6 Å². The van der Waals surface area contributed by atoms with E-state index in [-0.39, 0.29) is 5.54 Å². The van der Waals surface area contributed by atoms with E-state index in [0.717, 1.165) is 19.3 Å². The molecule has 0 radical (unpaired) electrons. The Hall–Kier alpha value is -0.820. The van der Waals surface area contributed by atoms with Gasteiger partial charge >= 0.3 is 0 Å². The lowest BCUT2D eigenvalue weighted by atomic mass is 9.67. The van der Waals surface area contributed by atoms with E-state index in [0.29, 0.717) is 5.41 Å². The minimum Gasteiger partial charge on any atom is -0.321 e. The summed E-state index contributed by atoms with van der Waals surface area (Å²) >= 11 is 0. The highest BCUT2D eigenvalue weighted by Gasteiger charge is 2.36. The first-order valence-electron chi connectivity index (χ1n) is 6.83. The zero-order chi connectivity index (χ0) is 12.5. The number of aryl methyl sites for hydroxylation is 1. The summed E-state index contributed by atoms with van der Waals surface area (Å²) in [7, 11) is 0. The van der Waals surface area contributed by atoms with Gasteiger partial charge in [-0.1, -0.05) is 45.0 Å². The third-order valence-corrected chi connectivity index (χ3v) is 4.43. The van der Waals surface area contributed by atoms with Crippen LogP contribution in [0.2, 0.25) is 0 Å². The first-order valence-corrected chi connectivity index (χ1v) is 6.83. The predicted molar refractivity (Wildman–Crippen MR) is 73.9 cm³/mol. The van der Waals surface area contributed by atoms with Crippen LogP contribution < -0.4 is 5.73 Å². The van der Waals surface area contributed by atoms with E-state index in [1.165, 1.54) is 24.0 Å². The highest BCUT2D eigenvalue weighted by Crippen LogP contribution is 2.43. The molecule has 1 heteroatoms. The molecule has 94 valence electrons. The van der Waals surface area contributed by atoms with Crippen molar-refractivity contribution in [1.82, 2.24) is 0 Å². The molecule has 1 fully saturated rings. The van der Waals surface area contributed by atoms with Crippen molar-refractivity contribution in [2.75, 3.05) is 0 Å². The summed E-state index contributed by atoms with van der Waals surface area (Å²) in [5.74, 6) is 0. The second-order valence-electron chi connectivity index (χ2n) is 6.37. The molecule has 0 atom stereocenters. The largest absolute Gasteiger partial charge is 0.321 e. The van der Waals surface area contributed by atoms with E-state index < -0.39 is 0 Å². The van der Waals surface area contributed by atoms with Crippen LogP contribution in [-0.4, -0.2) is 0 Å². The quantitative estimate of drug-likeness (QED) is 0.818. The van der Waals surface area contributed by atoms with Gasteiger partial charge < -0.3 is 5.73 Å². The molecular weight excluding hydrogens is 206 g/mol. The zero-order valence-corrected chi connectivity index (χ0v) is 11.4. The fraction of sp³-hybridized carbons (Fsp3) is 0.625. The van der Waals surface area contributed by atoms with Crippen LogP contribution in [0.15, 0.2) is 24.3 Å². The number of nitrogens with two attached hydrogens (primary N) is 1. The van der Waals surface area contributed by atoms with Crippen LogP contribution in [0.3, 0.4) is 0 Å². The Morgan fingerprint density at radius 3 is 2.00 bits per heavy atom. The first-order chi connectivity index (χ1) is 7.95. The topological polar surface area (TPSA) is 26.0 Å². The van der Waals surface area contributed by atoms with E-state index in [1.807, 2.05) is 0 Å². The van der Waals surface area contributed by atoms with Gasteiger partial charge in [0.05, 0.1) is 0 Å². The van der Waals surface area contributed by atoms with Crippen molar-refractivity contribution < 1.29 is 0 Å². The van der Waals surface area contributed by atoms with Gasteiger partial charge in [0, 0.05) is 5.54 Å². The summed E-state index contributed by atoms with van der Waals surface area (Å²) < 4.78 is 0. The van der Waals surface area contributed by atoms with Gasteiger partial charge in [-0.3, -0.25) is 0 Å². The molecule has 2 rings (SSSR count). The highest BCUT2D eigenvalue weighted by atomic mass is 14.8. The van der Waals surface area contributed by atoms with Crippen LogP contribution in [0.5, 0.6) is 0 Å². The van der Waals surface area contributed by atoms with E-state index in [2.05, 4.69) is 45.0 Å². The Morgan fingerprint density at radius 2 is 1.53 bits per heavy atom. The minimum atomic E-state index is -0.0816. The highest BCUT2D eigenvalue weighted by molar-refractivity contribution is 5.29. The van der Waals surface area contributed by atoms with Crippen molar-refractivity contribution in [1.29, 1.82) is 0 Å². The van der Waals surface area contributed by atoms with Crippen LogP contribution in [0.25, 0.3) is 0 Å². The predicted octanol–water partition coefficient (Wildman–Crippen LogP) is 4.00. The Balaban J connectivity index is 2.15. The molecule has 0 unspecified atom stereocenters. The smallest absolute Gasteiger partial charge is 0.0410 e. The molecule has 1 aromatic carbocycles. The van der Waals surface area contributed by atoms with Crippen LogP contribution in [0.4, 0.5) is 0 Å². The van der Waals surface area contributed by atoms with E-state index in [4.69, 9.17) is 5.73 Å². The molecule has 1 saturated carbocycles. The maximum atomic E-state index is 6.59. The van der Waals surface area contributed by atoms with Gasteiger partial charge in [0.15, 0.2) is 0 Å². The Kier molecular flexibility index (Phi) is 3.31. The molecule has 0 spiro atoms. The van der Waals surface area contributed by atoms with E-state index in [1.54, 1.807) is 0 Å². The molecule has 0 aliphatic heterocycles. The van der Waals surface area contributed by atoms with E-state index in [9.17, 15) is 0 Å². The molecular formula is C16H25N. The Labute approximate surface area is 105 Å². The Morgan fingerprint density at radius 1 is 1.00 bits per heavy atom. The van der Waals surface area contributed by atoms with Gasteiger partial charge in [-0.05, 0) is 48.6 Å². The fourth-order valence-electron chi connectivity index (χ4n) is 2.73. The maximum Gasteiger partial charge on any atom is 0.0410 e. The average molecular weight is 231 g/mol. The fourth-order valence-corrected chi connectivity index (χ4v) is 2.73. The number of hydrogen-bond acceptors (Lipinski definition) is 1. The van der Waals surface area contributed by atoms with Crippen molar-refractivity contribution in [3.63, 3.8) is 0 Å². The summed E-state index contributed by atoms with van der Waals surface area (Å²) in [4.78, 5) is 0. The lowest BCUT2D eigenvalue weighted by Crippen LogP contribution is -2.42. The number of hydrogen-bond donors (Lipinski definition) is 1. The first kappa shape index (κ1) is 12.6. The molecule has 1 nitrogen and oxygen atoms in total. The lowest BCUT2D eigenvalue weighted by molar-refractivity contribution is 0.165. The van der Waals surface area contributed by atoms with Gasteiger partial charge in [-0.2, -0.15) is 0 Å². The molecule has 1 aliphatic carbocycles. The molecule has 0 saturated heterocycles. The van der Waals surface area contributed by atoms with E-state index >= 15 is 0 Å². The summed E-state index contributed by atoms with van der Waals surface area (Å²) in [5, 5.41) is 0. The van der Waals surface area contributed by atoms with Crippen molar-refractivity contribution in [3.05, 3.63) is 35.4 Å². The summed E-state index contributed by atoms with van der Waals surface area (Å²) in [6.07, 6.45) is 5.81. The number of rotatable bonds is 2. The minimum absolute atomic E-state index is 0.0816. The SMILES string of the molecule is CCc1ccc(C2(N)CCC(C)(C)CC2)cc1. The monoisotopic (exact) mass is 231 g/mol. The van der Waals surface area contributed by atoms with Crippen LogP contribution in [0, 0.1) is 5.41 Å². The standard InChI is InChI=1S/C16H25N/c1-4-13-5-7-14(8-6-13)16(17)11-9-15(2,3)10-12-16/h5-8H,4,9-12,17H2,1-3H3. The normalized spacial score (nSPS) is 22.4. The molecule has 0 aromatic heterocycles. The maximum absolute atomic E-state index is 6.59. The molecule has 0 heterocycles. The van der Waals surface area contributed by atoms with Gasteiger partial charge in [0.25, 0.3) is 0 Å². The molecule has 2 N–H and O–H groups in total. The van der Waals surface area contributed by atoms with Crippen LogP contribution in [-0.2, 0) is 12.0 Å². The average Bonchev–Trinajstić information content (AvgIpc) is 2.34. The second-order valence-corrected chi connectivity index (χ2v) is 6.37. The summed E-state index contributed by atoms with van der Waals surface area (Å²) in [6.45, 7) is 6.90. The molecule has 1 aromatic rings. The molecule has 0 amide bonds. The summed E-state index contributed by atoms with van der Waals surface area (Å²) in [6, 6.07) is 8.92. The van der Waals surface area contributed by atoms with Crippen molar-refractivity contribution in [2.24, 2.45) is 11.1 Å². The van der Waals surface area contributed by atoms with Gasteiger partial charge in [-0.25, -0.2) is 0 Å². The molecule has 17 heavy (non-hydrogen) atoms. The van der Waals surface area contributed by atoms with Gasteiger partial charge in [0.2, 0.25) is 0 Å². The van der Waals surface area contributed by atoms with Crippen molar-refractivity contribution in [3.8, 4) is 0 Å². The second kappa shape index (κ2) is 4.45. The lowest BCUT2D eigenvalue weighted by Gasteiger charge is -2.41. The molecule has 1 aliphatic rings.